The summed E-state index contributed by atoms with van der Waals surface area (Å²) in [4.78, 5) is 27.6. The SMILES string of the molecule is Cc1cc(C(=O)N2CC[C@@](C)(O)[C@@H](O)C2)cc(=O)[nH]1. The van der Waals surface area contributed by atoms with Crippen molar-refractivity contribution in [2.75, 3.05) is 13.1 Å². The van der Waals surface area contributed by atoms with E-state index in [1.165, 1.54) is 11.0 Å². The number of aliphatic hydroxyl groups is 2. The van der Waals surface area contributed by atoms with Gasteiger partial charge in [-0.05, 0) is 26.3 Å². The van der Waals surface area contributed by atoms with Gasteiger partial charge in [-0.15, -0.1) is 0 Å². The summed E-state index contributed by atoms with van der Waals surface area (Å²) in [5, 5.41) is 19.7. The number of nitrogens with zero attached hydrogens (tertiary/aromatic N) is 1. The van der Waals surface area contributed by atoms with E-state index in [1.54, 1.807) is 19.9 Å². The van der Waals surface area contributed by atoms with E-state index >= 15 is 0 Å². The third-order valence-electron chi connectivity index (χ3n) is 3.51. The van der Waals surface area contributed by atoms with Gasteiger partial charge in [-0.1, -0.05) is 0 Å². The molecular weight excluding hydrogens is 248 g/mol. The molecule has 6 heteroatoms. The van der Waals surface area contributed by atoms with Gasteiger partial charge >= 0.3 is 0 Å². The second-order valence-corrected chi connectivity index (χ2v) is 5.29. The Hall–Kier alpha value is -1.66. The maximum atomic E-state index is 12.2. The molecule has 6 nitrogen and oxygen atoms in total. The Kier molecular flexibility index (Phi) is 3.47. The molecule has 0 unspecified atom stereocenters. The second-order valence-electron chi connectivity index (χ2n) is 5.29. The molecule has 1 fully saturated rings. The highest BCUT2D eigenvalue weighted by Crippen LogP contribution is 2.23. The third-order valence-corrected chi connectivity index (χ3v) is 3.51. The van der Waals surface area contributed by atoms with E-state index in [4.69, 9.17) is 0 Å². The van der Waals surface area contributed by atoms with Crippen molar-refractivity contribution in [2.45, 2.75) is 32.0 Å². The number of hydrogen-bond donors (Lipinski definition) is 3. The summed E-state index contributed by atoms with van der Waals surface area (Å²) in [6.45, 7) is 3.68. The lowest BCUT2D eigenvalue weighted by Gasteiger charge is -2.39. The summed E-state index contributed by atoms with van der Waals surface area (Å²) in [6.07, 6.45) is -0.671. The fourth-order valence-electron chi connectivity index (χ4n) is 2.20. The molecule has 0 bridgehead atoms. The van der Waals surface area contributed by atoms with Crippen LogP contribution < -0.4 is 5.56 Å². The fourth-order valence-corrected chi connectivity index (χ4v) is 2.20. The minimum atomic E-state index is -1.17. The molecule has 0 spiro atoms. The van der Waals surface area contributed by atoms with Crippen molar-refractivity contribution in [3.05, 3.63) is 33.7 Å². The van der Waals surface area contributed by atoms with E-state index in [0.29, 0.717) is 24.2 Å². The van der Waals surface area contributed by atoms with Crippen LogP contribution in [-0.2, 0) is 0 Å². The van der Waals surface area contributed by atoms with Crippen molar-refractivity contribution in [2.24, 2.45) is 0 Å². The van der Waals surface area contributed by atoms with Crippen LogP contribution in [0.25, 0.3) is 0 Å². The monoisotopic (exact) mass is 266 g/mol. The van der Waals surface area contributed by atoms with E-state index < -0.39 is 11.7 Å². The van der Waals surface area contributed by atoms with Crippen molar-refractivity contribution in [1.82, 2.24) is 9.88 Å². The van der Waals surface area contributed by atoms with E-state index in [0.717, 1.165) is 0 Å². The van der Waals surface area contributed by atoms with Gasteiger partial charge in [0.25, 0.3) is 5.91 Å². The number of amides is 1. The first-order valence-corrected chi connectivity index (χ1v) is 6.20. The molecule has 3 N–H and O–H groups in total. The Morgan fingerprint density at radius 2 is 2.21 bits per heavy atom. The van der Waals surface area contributed by atoms with Crippen molar-refractivity contribution < 1.29 is 15.0 Å². The molecule has 1 aliphatic heterocycles. The predicted molar refractivity (Wildman–Crippen MR) is 69.0 cm³/mol. The molecule has 0 aromatic carbocycles. The van der Waals surface area contributed by atoms with Crippen LogP contribution in [0.15, 0.2) is 16.9 Å². The first kappa shape index (κ1) is 13.8. The Morgan fingerprint density at radius 1 is 1.53 bits per heavy atom. The molecule has 1 aromatic heterocycles. The quantitative estimate of drug-likeness (QED) is 0.647. The van der Waals surface area contributed by atoms with Crippen LogP contribution in [0.5, 0.6) is 0 Å². The van der Waals surface area contributed by atoms with Gasteiger partial charge < -0.3 is 20.1 Å². The van der Waals surface area contributed by atoms with Gasteiger partial charge in [0.1, 0.15) is 0 Å². The smallest absolute Gasteiger partial charge is 0.254 e. The summed E-state index contributed by atoms with van der Waals surface area (Å²) in [5.41, 5.74) is -0.579. The zero-order valence-corrected chi connectivity index (χ0v) is 11.0. The van der Waals surface area contributed by atoms with Crippen LogP contribution in [0, 0.1) is 6.92 Å². The summed E-state index contributed by atoms with van der Waals surface area (Å²) < 4.78 is 0. The number of carbonyl (C=O) groups is 1. The summed E-state index contributed by atoms with van der Waals surface area (Å²) in [5.74, 6) is -0.302. The minimum absolute atomic E-state index is 0.0671. The van der Waals surface area contributed by atoms with Crippen molar-refractivity contribution in [3.63, 3.8) is 0 Å². The van der Waals surface area contributed by atoms with Gasteiger partial charge in [0.05, 0.1) is 11.7 Å². The molecule has 0 aliphatic carbocycles. The van der Waals surface area contributed by atoms with Crippen LogP contribution in [0.4, 0.5) is 0 Å². The van der Waals surface area contributed by atoms with E-state index in [-0.39, 0.29) is 18.0 Å². The Bertz CT molecular complexity index is 550. The molecule has 2 heterocycles. The molecule has 19 heavy (non-hydrogen) atoms. The lowest BCUT2D eigenvalue weighted by molar-refractivity contribution is -0.0999. The lowest BCUT2D eigenvalue weighted by atomic mass is 9.90. The number of nitrogens with one attached hydrogen (secondary N) is 1. The van der Waals surface area contributed by atoms with E-state index in [9.17, 15) is 19.8 Å². The van der Waals surface area contributed by atoms with Crippen LogP contribution in [0.1, 0.15) is 29.4 Å². The largest absolute Gasteiger partial charge is 0.388 e. The first-order chi connectivity index (χ1) is 8.79. The molecule has 0 radical (unpaired) electrons. The van der Waals surface area contributed by atoms with Crippen LogP contribution in [-0.4, -0.2) is 50.8 Å². The fraction of sp³-hybridized carbons (Fsp3) is 0.538. The molecular formula is C13H18N2O4. The maximum Gasteiger partial charge on any atom is 0.254 e. The molecule has 1 saturated heterocycles. The third kappa shape index (κ3) is 2.85. The maximum absolute atomic E-state index is 12.2. The van der Waals surface area contributed by atoms with E-state index in [2.05, 4.69) is 4.98 Å². The number of β-amino-alcohol motifs (C(OH)–C–C–N with tert-alkyl or cyclic N) is 1. The summed E-state index contributed by atoms with van der Waals surface area (Å²) in [7, 11) is 0. The zero-order chi connectivity index (χ0) is 14.2. The Balaban J connectivity index is 2.19. The van der Waals surface area contributed by atoms with Gasteiger partial charge in [-0.25, -0.2) is 0 Å². The summed E-state index contributed by atoms with van der Waals surface area (Å²) in [6, 6.07) is 2.84. The van der Waals surface area contributed by atoms with Gasteiger partial charge in [-0.2, -0.15) is 0 Å². The second kappa shape index (κ2) is 4.79. The number of aliphatic hydroxyl groups excluding tert-OH is 1. The average molecular weight is 266 g/mol. The summed E-state index contributed by atoms with van der Waals surface area (Å²) >= 11 is 0. The minimum Gasteiger partial charge on any atom is -0.388 e. The lowest BCUT2D eigenvalue weighted by Crippen LogP contribution is -2.55. The molecule has 1 amide bonds. The van der Waals surface area contributed by atoms with E-state index in [1.807, 2.05) is 0 Å². The van der Waals surface area contributed by atoms with Gasteiger partial charge in [-0.3, -0.25) is 9.59 Å². The van der Waals surface area contributed by atoms with Gasteiger partial charge in [0.15, 0.2) is 0 Å². The number of piperidine rings is 1. The number of aromatic nitrogens is 1. The van der Waals surface area contributed by atoms with Crippen molar-refractivity contribution in [1.29, 1.82) is 0 Å². The van der Waals surface area contributed by atoms with Gasteiger partial charge in [0, 0.05) is 30.4 Å². The predicted octanol–water partition coefficient (Wildman–Crippen LogP) is -0.359. The van der Waals surface area contributed by atoms with Crippen molar-refractivity contribution in [3.8, 4) is 0 Å². The highest BCUT2D eigenvalue weighted by molar-refractivity contribution is 5.94. The first-order valence-electron chi connectivity index (χ1n) is 6.20. The van der Waals surface area contributed by atoms with Crippen molar-refractivity contribution >= 4 is 5.91 Å². The average Bonchev–Trinajstić information content (AvgIpc) is 2.30. The molecule has 104 valence electrons. The number of aromatic amines is 1. The Labute approximate surface area is 110 Å². The number of hydrogen-bond acceptors (Lipinski definition) is 4. The number of likely N-dealkylation sites (tertiary alicyclic amines) is 1. The molecule has 2 atom stereocenters. The molecule has 1 aliphatic rings. The number of aryl methyl sites for hydroxylation is 1. The highest BCUT2D eigenvalue weighted by atomic mass is 16.3. The number of H-pyrrole nitrogens is 1. The zero-order valence-electron chi connectivity index (χ0n) is 11.0. The van der Waals surface area contributed by atoms with Crippen LogP contribution >= 0.6 is 0 Å². The number of pyridine rings is 1. The highest BCUT2D eigenvalue weighted by Gasteiger charge is 2.38. The van der Waals surface area contributed by atoms with Gasteiger partial charge in [0.2, 0.25) is 5.56 Å². The molecule has 0 saturated carbocycles. The van der Waals surface area contributed by atoms with Crippen LogP contribution in [0.2, 0.25) is 0 Å². The standard InChI is InChI=1S/C13H18N2O4/c1-8-5-9(6-11(17)14-8)12(18)15-4-3-13(2,19)10(16)7-15/h5-6,10,16,19H,3-4,7H2,1-2H3,(H,14,17)/t10-,13+/m0/s1. The van der Waals surface area contributed by atoms with Crippen LogP contribution in [0.3, 0.4) is 0 Å². The topological polar surface area (TPSA) is 93.6 Å². The Morgan fingerprint density at radius 3 is 2.79 bits per heavy atom. The number of rotatable bonds is 1. The normalized spacial score (nSPS) is 27.4. The molecule has 2 rings (SSSR count). The number of carbonyl (C=O) groups excluding carboxylic acids is 1. The molecule has 1 aromatic rings.